The molecule has 2 aliphatic rings. The van der Waals surface area contributed by atoms with Crippen LogP contribution in [0.1, 0.15) is 26.2 Å². The summed E-state index contributed by atoms with van der Waals surface area (Å²) in [6, 6.07) is -0.0799. The molecule has 2 saturated heterocycles. The first-order chi connectivity index (χ1) is 9.93. The Morgan fingerprint density at radius 1 is 1.38 bits per heavy atom. The topological polar surface area (TPSA) is 41.6 Å². The maximum Gasteiger partial charge on any atom is 0.393 e. The summed E-state index contributed by atoms with van der Waals surface area (Å²) in [6.45, 7) is 3.77. The number of halogens is 3. The van der Waals surface area contributed by atoms with Gasteiger partial charge in [-0.3, -0.25) is 4.79 Å². The monoisotopic (exact) mass is 308 g/mol. The van der Waals surface area contributed by atoms with Crippen LogP contribution in [0.3, 0.4) is 0 Å². The number of alkyl halides is 3. The molecule has 2 aliphatic heterocycles. The van der Waals surface area contributed by atoms with Crippen molar-refractivity contribution < 1.29 is 22.7 Å². The van der Waals surface area contributed by atoms with Gasteiger partial charge in [0.05, 0.1) is 25.0 Å². The van der Waals surface area contributed by atoms with Crippen molar-refractivity contribution in [3.63, 3.8) is 0 Å². The van der Waals surface area contributed by atoms with Gasteiger partial charge < -0.3 is 15.0 Å². The molecular formula is C14H23F3N2O2. The summed E-state index contributed by atoms with van der Waals surface area (Å²) in [6.07, 6.45) is -2.75. The summed E-state index contributed by atoms with van der Waals surface area (Å²) < 4.78 is 43.8. The van der Waals surface area contributed by atoms with Gasteiger partial charge in [-0.15, -0.1) is 0 Å². The molecule has 0 saturated carbocycles. The Kier molecular flexibility index (Phi) is 5.48. The molecule has 2 rings (SSSR count). The third-order valence-corrected chi connectivity index (χ3v) is 4.25. The molecule has 0 aromatic carbocycles. The molecule has 21 heavy (non-hydrogen) atoms. The maximum absolute atomic E-state index is 12.8. The minimum atomic E-state index is -4.22. The Morgan fingerprint density at radius 2 is 2.14 bits per heavy atom. The molecule has 0 aromatic rings. The summed E-state index contributed by atoms with van der Waals surface area (Å²) in [4.78, 5) is 13.9. The largest absolute Gasteiger partial charge is 0.393 e. The number of ether oxygens (including phenoxy) is 1. The zero-order chi connectivity index (χ0) is 15.5. The number of carbonyl (C=O) groups is 1. The summed E-state index contributed by atoms with van der Waals surface area (Å²) in [5, 5.41) is 3.25. The van der Waals surface area contributed by atoms with E-state index in [2.05, 4.69) is 5.32 Å². The number of piperidine rings is 1. The summed E-state index contributed by atoms with van der Waals surface area (Å²) in [5.41, 5.74) is 0. The molecule has 0 aromatic heterocycles. The lowest BCUT2D eigenvalue weighted by molar-refractivity contribution is -0.188. The smallest absolute Gasteiger partial charge is 0.379 e. The first-order valence-electron chi connectivity index (χ1n) is 7.60. The van der Waals surface area contributed by atoms with E-state index in [-0.39, 0.29) is 30.8 Å². The molecule has 3 atom stereocenters. The normalized spacial score (nSPS) is 30.7. The van der Waals surface area contributed by atoms with Gasteiger partial charge in [0.2, 0.25) is 5.91 Å². The second-order valence-corrected chi connectivity index (χ2v) is 5.87. The van der Waals surface area contributed by atoms with Crippen molar-refractivity contribution in [3.05, 3.63) is 0 Å². The highest BCUT2D eigenvalue weighted by Gasteiger charge is 2.44. The van der Waals surface area contributed by atoms with Crippen LogP contribution in [0.2, 0.25) is 0 Å². The number of carbonyl (C=O) groups excluding carboxylic acids is 1. The van der Waals surface area contributed by atoms with Crippen molar-refractivity contribution in [2.45, 2.75) is 38.4 Å². The Hall–Kier alpha value is -0.820. The average molecular weight is 308 g/mol. The molecule has 2 heterocycles. The fourth-order valence-electron chi connectivity index (χ4n) is 3.01. The number of nitrogens with zero attached hydrogens (tertiary/aromatic N) is 1. The zero-order valence-electron chi connectivity index (χ0n) is 12.3. The Morgan fingerprint density at radius 3 is 2.81 bits per heavy atom. The van der Waals surface area contributed by atoms with E-state index < -0.39 is 12.1 Å². The minimum absolute atomic E-state index is 0.0799. The van der Waals surface area contributed by atoms with Crippen LogP contribution >= 0.6 is 0 Å². The quantitative estimate of drug-likeness (QED) is 0.861. The van der Waals surface area contributed by atoms with Gasteiger partial charge in [-0.25, -0.2) is 0 Å². The predicted octanol–water partition coefficient (Wildman–Crippen LogP) is 1.80. The van der Waals surface area contributed by atoms with Gasteiger partial charge in [-0.2, -0.15) is 13.2 Å². The summed E-state index contributed by atoms with van der Waals surface area (Å²) in [5.74, 6) is -1.95. The number of amides is 1. The van der Waals surface area contributed by atoms with E-state index >= 15 is 0 Å². The first-order valence-corrected chi connectivity index (χ1v) is 7.60. The van der Waals surface area contributed by atoms with Gasteiger partial charge in [0.15, 0.2) is 0 Å². The molecule has 7 heteroatoms. The van der Waals surface area contributed by atoms with E-state index in [4.69, 9.17) is 4.74 Å². The van der Waals surface area contributed by atoms with Crippen molar-refractivity contribution in [1.82, 2.24) is 10.2 Å². The standard InChI is InChI=1S/C14H23F3N2O2/c1-2-5-18-12-9-21-8-11(12)13(20)19-6-3-4-10(7-19)14(15,16)17/h10-12,18H,2-9H2,1H3. The van der Waals surface area contributed by atoms with Crippen LogP contribution in [0.25, 0.3) is 0 Å². The van der Waals surface area contributed by atoms with E-state index in [0.29, 0.717) is 26.2 Å². The van der Waals surface area contributed by atoms with E-state index in [0.717, 1.165) is 13.0 Å². The number of hydrogen-bond donors (Lipinski definition) is 1. The van der Waals surface area contributed by atoms with Crippen molar-refractivity contribution >= 4 is 5.91 Å². The van der Waals surface area contributed by atoms with Gasteiger partial charge in [0.1, 0.15) is 0 Å². The SMILES string of the molecule is CCCNC1COCC1C(=O)N1CCCC(C(F)(F)F)C1. The molecule has 0 bridgehead atoms. The van der Waals surface area contributed by atoms with Crippen LogP contribution in [0.15, 0.2) is 0 Å². The lowest BCUT2D eigenvalue weighted by Gasteiger charge is -2.35. The molecular weight excluding hydrogens is 285 g/mol. The highest BCUT2D eigenvalue weighted by molar-refractivity contribution is 5.80. The second-order valence-electron chi connectivity index (χ2n) is 5.87. The molecule has 4 nitrogen and oxygen atoms in total. The van der Waals surface area contributed by atoms with E-state index in [9.17, 15) is 18.0 Å². The van der Waals surface area contributed by atoms with Crippen LogP contribution in [0, 0.1) is 11.8 Å². The fourth-order valence-corrected chi connectivity index (χ4v) is 3.01. The Labute approximate surface area is 123 Å². The van der Waals surface area contributed by atoms with Crippen LogP contribution < -0.4 is 5.32 Å². The number of hydrogen-bond acceptors (Lipinski definition) is 3. The maximum atomic E-state index is 12.8. The molecule has 0 spiro atoms. The van der Waals surface area contributed by atoms with Crippen LogP contribution in [-0.4, -0.2) is 55.9 Å². The van der Waals surface area contributed by atoms with Gasteiger partial charge in [-0.05, 0) is 25.8 Å². The molecule has 1 amide bonds. The lowest BCUT2D eigenvalue weighted by atomic mass is 9.94. The van der Waals surface area contributed by atoms with Crippen LogP contribution in [0.5, 0.6) is 0 Å². The molecule has 2 fully saturated rings. The third kappa shape index (κ3) is 4.10. The predicted molar refractivity (Wildman–Crippen MR) is 71.7 cm³/mol. The van der Waals surface area contributed by atoms with E-state index in [1.807, 2.05) is 6.92 Å². The number of nitrogens with one attached hydrogen (secondary N) is 1. The Balaban J connectivity index is 1.95. The summed E-state index contributed by atoms with van der Waals surface area (Å²) in [7, 11) is 0. The average Bonchev–Trinajstić information content (AvgIpc) is 2.92. The van der Waals surface area contributed by atoms with Crippen molar-refractivity contribution in [2.75, 3.05) is 32.8 Å². The van der Waals surface area contributed by atoms with Crippen LogP contribution in [0.4, 0.5) is 13.2 Å². The lowest BCUT2D eigenvalue weighted by Crippen LogP contribution is -2.50. The Bertz CT molecular complexity index is 363. The zero-order valence-corrected chi connectivity index (χ0v) is 12.3. The van der Waals surface area contributed by atoms with Gasteiger partial charge >= 0.3 is 6.18 Å². The molecule has 0 radical (unpaired) electrons. The molecule has 0 aliphatic carbocycles. The fraction of sp³-hybridized carbons (Fsp3) is 0.929. The highest BCUT2D eigenvalue weighted by Crippen LogP contribution is 2.34. The van der Waals surface area contributed by atoms with Gasteiger partial charge in [-0.1, -0.05) is 6.92 Å². The number of likely N-dealkylation sites (tertiary alicyclic amines) is 1. The summed E-state index contributed by atoms with van der Waals surface area (Å²) >= 11 is 0. The first kappa shape index (κ1) is 16.5. The van der Waals surface area contributed by atoms with E-state index in [1.165, 1.54) is 4.90 Å². The third-order valence-electron chi connectivity index (χ3n) is 4.25. The highest BCUT2D eigenvalue weighted by atomic mass is 19.4. The van der Waals surface area contributed by atoms with Crippen molar-refractivity contribution in [3.8, 4) is 0 Å². The second kappa shape index (κ2) is 6.96. The number of rotatable bonds is 4. The molecule has 3 unspecified atom stereocenters. The van der Waals surface area contributed by atoms with Crippen molar-refractivity contribution in [1.29, 1.82) is 0 Å². The van der Waals surface area contributed by atoms with E-state index in [1.54, 1.807) is 0 Å². The van der Waals surface area contributed by atoms with Crippen LogP contribution in [-0.2, 0) is 9.53 Å². The molecule has 122 valence electrons. The van der Waals surface area contributed by atoms with Crippen molar-refractivity contribution in [2.24, 2.45) is 11.8 Å². The minimum Gasteiger partial charge on any atom is -0.379 e. The van der Waals surface area contributed by atoms with Gasteiger partial charge in [0.25, 0.3) is 0 Å². The molecule has 1 N–H and O–H groups in total. The van der Waals surface area contributed by atoms with Gasteiger partial charge in [0, 0.05) is 19.1 Å².